The summed E-state index contributed by atoms with van der Waals surface area (Å²) in [5, 5.41) is 2.88. The Morgan fingerprint density at radius 3 is 2.38 bits per heavy atom. The van der Waals surface area contributed by atoms with Crippen LogP contribution < -0.4 is 5.32 Å². The molecule has 1 aromatic carbocycles. The van der Waals surface area contributed by atoms with Gasteiger partial charge in [0, 0.05) is 19.1 Å². The minimum absolute atomic E-state index is 0.00310. The van der Waals surface area contributed by atoms with Crippen molar-refractivity contribution in [1.29, 1.82) is 0 Å². The summed E-state index contributed by atoms with van der Waals surface area (Å²) in [4.78, 5) is 26.2. The number of benzene rings is 1. The molecule has 1 atom stereocenters. The highest BCUT2D eigenvalue weighted by Gasteiger charge is 2.28. The molecule has 144 valence electrons. The summed E-state index contributed by atoms with van der Waals surface area (Å²) in [6.07, 6.45) is 0.555. The molecule has 0 saturated carbocycles. The molecule has 0 radical (unpaired) electrons. The van der Waals surface area contributed by atoms with Crippen molar-refractivity contribution in [3.63, 3.8) is 0 Å². The molecule has 0 aliphatic carbocycles. The third-order valence-electron chi connectivity index (χ3n) is 4.22. The van der Waals surface area contributed by atoms with Gasteiger partial charge in [-0.2, -0.15) is 0 Å². The molecule has 0 aromatic heterocycles. The highest BCUT2D eigenvalue weighted by atomic mass is 16.6. The maximum atomic E-state index is 12.5. The molecule has 2 rings (SSSR count). The molecular weight excluding hydrogens is 332 g/mol. The molecule has 0 spiro atoms. The van der Waals surface area contributed by atoms with Gasteiger partial charge in [0.15, 0.2) is 0 Å². The second-order valence-corrected chi connectivity index (χ2v) is 7.68. The first-order chi connectivity index (χ1) is 12.2. The SMILES string of the molecule is CC(OCc1ccccc1)C(=O)N1CCC(NC(=O)OC(C)(C)C)CC1. The molecular formula is C20H30N2O4. The van der Waals surface area contributed by atoms with Gasteiger partial charge >= 0.3 is 6.09 Å². The molecule has 1 fully saturated rings. The Labute approximate surface area is 155 Å². The molecule has 6 nitrogen and oxygen atoms in total. The lowest BCUT2D eigenvalue weighted by Crippen LogP contribution is -2.49. The minimum Gasteiger partial charge on any atom is -0.444 e. The van der Waals surface area contributed by atoms with Gasteiger partial charge in [-0.3, -0.25) is 4.79 Å². The van der Waals surface area contributed by atoms with E-state index in [0.29, 0.717) is 19.7 Å². The largest absolute Gasteiger partial charge is 0.444 e. The number of likely N-dealkylation sites (tertiary alicyclic amines) is 1. The number of rotatable bonds is 5. The highest BCUT2D eigenvalue weighted by molar-refractivity contribution is 5.80. The van der Waals surface area contributed by atoms with E-state index in [-0.39, 0.29) is 11.9 Å². The van der Waals surface area contributed by atoms with Crippen LogP contribution in [0.4, 0.5) is 4.79 Å². The maximum Gasteiger partial charge on any atom is 0.407 e. The quantitative estimate of drug-likeness (QED) is 0.874. The number of nitrogens with one attached hydrogen (secondary N) is 1. The van der Waals surface area contributed by atoms with Crippen LogP contribution in [-0.2, 0) is 20.9 Å². The van der Waals surface area contributed by atoms with Gasteiger partial charge in [-0.25, -0.2) is 4.79 Å². The summed E-state index contributed by atoms with van der Waals surface area (Å²) >= 11 is 0. The number of hydrogen-bond acceptors (Lipinski definition) is 4. The molecule has 1 heterocycles. The lowest BCUT2D eigenvalue weighted by Gasteiger charge is -2.34. The number of nitrogens with zero attached hydrogens (tertiary/aromatic N) is 1. The summed E-state index contributed by atoms with van der Waals surface area (Å²) in [5.74, 6) is -0.00310. The van der Waals surface area contributed by atoms with E-state index in [1.165, 1.54) is 0 Å². The highest BCUT2D eigenvalue weighted by Crippen LogP contribution is 2.15. The van der Waals surface area contributed by atoms with Crippen LogP contribution in [0.15, 0.2) is 30.3 Å². The Morgan fingerprint density at radius 2 is 1.81 bits per heavy atom. The second kappa shape index (κ2) is 9.03. The number of carbonyl (C=O) groups is 2. The molecule has 6 heteroatoms. The van der Waals surface area contributed by atoms with Gasteiger partial charge in [-0.1, -0.05) is 30.3 Å². The van der Waals surface area contributed by atoms with E-state index in [0.717, 1.165) is 18.4 Å². The predicted octanol–water partition coefficient (Wildman–Crippen LogP) is 3.11. The molecule has 1 saturated heterocycles. The Balaban J connectivity index is 1.72. The van der Waals surface area contributed by atoms with Crippen molar-refractivity contribution >= 4 is 12.0 Å². The summed E-state index contributed by atoms with van der Waals surface area (Å²) < 4.78 is 11.0. The Morgan fingerprint density at radius 1 is 1.19 bits per heavy atom. The zero-order valence-electron chi connectivity index (χ0n) is 16.2. The van der Waals surface area contributed by atoms with Gasteiger partial charge in [0.2, 0.25) is 0 Å². The first-order valence-corrected chi connectivity index (χ1v) is 9.18. The van der Waals surface area contributed by atoms with Gasteiger partial charge in [0.1, 0.15) is 11.7 Å². The van der Waals surface area contributed by atoms with Crippen LogP contribution >= 0.6 is 0 Å². The van der Waals surface area contributed by atoms with Crippen LogP contribution in [0.25, 0.3) is 0 Å². The lowest BCUT2D eigenvalue weighted by molar-refractivity contribution is -0.144. The molecule has 1 N–H and O–H groups in total. The van der Waals surface area contributed by atoms with E-state index in [4.69, 9.17) is 9.47 Å². The van der Waals surface area contributed by atoms with E-state index in [1.807, 2.05) is 56.0 Å². The third kappa shape index (κ3) is 6.67. The average Bonchev–Trinajstić information content (AvgIpc) is 2.59. The molecule has 1 aliphatic heterocycles. The molecule has 26 heavy (non-hydrogen) atoms. The second-order valence-electron chi connectivity index (χ2n) is 7.68. The minimum atomic E-state index is -0.508. The molecule has 0 bridgehead atoms. The summed E-state index contributed by atoms with van der Waals surface area (Å²) in [7, 11) is 0. The van der Waals surface area contributed by atoms with Crippen molar-refractivity contribution in [2.24, 2.45) is 0 Å². The number of hydrogen-bond donors (Lipinski definition) is 1. The van der Waals surface area contributed by atoms with Crippen LogP contribution in [0, 0.1) is 0 Å². The Hall–Kier alpha value is -2.08. The van der Waals surface area contributed by atoms with Gasteiger partial charge in [-0.05, 0) is 46.1 Å². The number of carbonyl (C=O) groups excluding carboxylic acids is 2. The van der Waals surface area contributed by atoms with E-state index < -0.39 is 17.8 Å². The summed E-state index contributed by atoms with van der Waals surface area (Å²) in [6, 6.07) is 9.85. The van der Waals surface area contributed by atoms with Crippen LogP contribution in [0.1, 0.15) is 46.1 Å². The molecule has 1 aromatic rings. The first kappa shape index (κ1) is 20.2. The van der Waals surface area contributed by atoms with E-state index in [9.17, 15) is 9.59 Å². The zero-order chi connectivity index (χ0) is 19.2. The Kier molecular flexibility index (Phi) is 7.03. The maximum absolute atomic E-state index is 12.5. The standard InChI is InChI=1S/C20H30N2O4/c1-15(25-14-16-8-6-5-7-9-16)18(23)22-12-10-17(11-13-22)21-19(24)26-20(2,3)4/h5-9,15,17H,10-14H2,1-4H3,(H,21,24). The number of piperidine rings is 1. The van der Waals surface area contributed by atoms with E-state index in [2.05, 4.69) is 5.32 Å². The smallest absolute Gasteiger partial charge is 0.407 e. The Bertz CT molecular complexity index is 590. The van der Waals surface area contributed by atoms with Crippen molar-refractivity contribution in [3.8, 4) is 0 Å². The number of alkyl carbamates (subject to hydrolysis) is 1. The van der Waals surface area contributed by atoms with Crippen molar-refractivity contribution in [3.05, 3.63) is 35.9 Å². The molecule has 1 aliphatic rings. The fourth-order valence-corrected chi connectivity index (χ4v) is 2.84. The van der Waals surface area contributed by atoms with Gasteiger partial charge in [0.25, 0.3) is 5.91 Å². The topological polar surface area (TPSA) is 67.9 Å². The fraction of sp³-hybridized carbons (Fsp3) is 0.600. The third-order valence-corrected chi connectivity index (χ3v) is 4.22. The summed E-state index contributed by atoms with van der Waals surface area (Å²) in [6.45, 7) is 8.94. The monoisotopic (exact) mass is 362 g/mol. The van der Waals surface area contributed by atoms with Crippen molar-refractivity contribution in [2.75, 3.05) is 13.1 Å². The first-order valence-electron chi connectivity index (χ1n) is 9.18. The fourth-order valence-electron chi connectivity index (χ4n) is 2.84. The van der Waals surface area contributed by atoms with Crippen molar-refractivity contribution < 1.29 is 19.1 Å². The molecule has 2 amide bonds. The number of ether oxygens (including phenoxy) is 2. The molecule has 1 unspecified atom stereocenters. The van der Waals surface area contributed by atoms with E-state index in [1.54, 1.807) is 6.92 Å². The summed E-state index contributed by atoms with van der Waals surface area (Å²) in [5.41, 5.74) is 0.541. The number of amides is 2. The average molecular weight is 362 g/mol. The van der Waals surface area contributed by atoms with Crippen LogP contribution in [0.2, 0.25) is 0 Å². The predicted molar refractivity (Wildman–Crippen MR) is 99.7 cm³/mol. The van der Waals surface area contributed by atoms with E-state index >= 15 is 0 Å². The zero-order valence-corrected chi connectivity index (χ0v) is 16.2. The van der Waals surface area contributed by atoms with Crippen LogP contribution in [0.5, 0.6) is 0 Å². The lowest BCUT2D eigenvalue weighted by atomic mass is 10.0. The van der Waals surface area contributed by atoms with Crippen molar-refractivity contribution in [2.45, 2.75) is 64.9 Å². The van der Waals surface area contributed by atoms with Crippen LogP contribution in [-0.4, -0.2) is 47.7 Å². The van der Waals surface area contributed by atoms with Gasteiger partial charge < -0.3 is 19.7 Å². The van der Waals surface area contributed by atoms with Gasteiger partial charge in [0.05, 0.1) is 6.61 Å². The normalized spacial score (nSPS) is 16.8. The van der Waals surface area contributed by atoms with Gasteiger partial charge in [-0.15, -0.1) is 0 Å². The van der Waals surface area contributed by atoms with Crippen LogP contribution in [0.3, 0.4) is 0 Å². The van der Waals surface area contributed by atoms with Crippen molar-refractivity contribution in [1.82, 2.24) is 10.2 Å².